The fourth-order valence-corrected chi connectivity index (χ4v) is 2.23. The van der Waals surface area contributed by atoms with Gasteiger partial charge in [-0.1, -0.05) is 23.2 Å². The Kier molecular flexibility index (Phi) is 4.06. The van der Waals surface area contributed by atoms with Crippen LogP contribution in [0.2, 0.25) is 10.0 Å². The number of carbonyl (C=O) groups is 1. The fourth-order valence-electron chi connectivity index (χ4n) is 1.24. The summed E-state index contributed by atoms with van der Waals surface area (Å²) in [7, 11) is 0. The van der Waals surface area contributed by atoms with Crippen molar-refractivity contribution in [1.82, 2.24) is 4.98 Å². The molecule has 94 valence electrons. The Morgan fingerprint density at radius 3 is 2.67 bits per heavy atom. The number of halogens is 2. The minimum Gasteiger partial charge on any atom is -0.308 e. The summed E-state index contributed by atoms with van der Waals surface area (Å²) in [4.78, 5) is 15.8. The highest BCUT2D eigenvalue weighted by Gasteiger charge is 2.06. The predicted octanol–water partition coefficient (Wildman–Crippen LogP) is 4.40. The number of carbonyl (C=O) groups excluding carboxylic acids is 1. The highest BCUT2D eigenvalue weighted by Crippen LogP contribution is 2.25. The van der Waals surface area contributed by atoms with Gasteiger partial charge in [-0.3, -0.25) is 5.32 Å². The van der Waals surface area contributed by atoms with Gasteiger partial charge in [-0.25, -0.2) is 9.78 Å². The number of benzene rings is 1. The summed E-state index contributed by atoms with van der Waals surface area (Å²) in [6, 6.07) is 4.49. The van der Waals surface area contributed by atoms with E-state index in [0.717, 1.165) is 5.69 Å². The van der Waals surface area contributed by atoms with E-state index in [4.69, 9.17) is 23.2 Å². The molecule has 7 heteroatoms. The molecule has 0 fully saturated rings. The topological polar surface area (TPSA) is 54.0 Å². The fraction of sp³-hybridized carbons (Fsp3) is 0.0909. The number of thiazole rings is 1. The predicted molar refractivity (Wildman–Crippen MR) is 76.0 cm³/mol. The molecular formula is C11H9Cl2N3OS. The molecule has 0 radical (unpaired) electrons. The van der Waals surface area contributed by atoms with Crippen molar-refractivity contribution in [2.45, 2.75) is 6.92 Å². The van der Waals surface area contributed by atoms with E-state index < -0.39 is 0 Å². The summed E-state index contributed by atoms with van der Waals surface area (Å²) in [5, 5.41) is 8.50. The standard InChI is InChI=1S/C11H9Cl2N3OS/c1-6-5-18-11(14-6)16-10(17)15-7-2-3-8(12)9(13)4-7/h2-5H,1H3,(H2,14,15,16,17). The lowest BCUT2D eigenvalue weighted by Crippen LogP contribution is -2.19. The van der Waals surface area contributed by atoms with Gasteiger partial charge in [-0.2, -0.15) is 0 Å². The SMILES string of the molecule is Cc1csc(NC(=O)Nc2ccc(Cl)c(Cl)c2)n1. The maximum atomic E-state index is 11.7. The van der Waals surface area contributed by atoms with Crippen molar-refractivity contribution in [1.29, 1.82) is 0 Å². The molecule has 2 aromatic rings. The number of anilines is 2. The van der Waals surface area contributed by atoms with E-state index in [9.17, 15) is 4.79 Å². The van der Waals surface area contributed by atoms with Gasteiger partial charge in [-0.15, -0.1) is 11.3 Å². The van der Waals surface area contributed by atoms with Crippen LogP contribution in [-0.2, 0) is 0 Å². The largest absolute Gasteiger partial charge is 0.325 e. The van der Waals surface area contributed by atoms with Crippen molar-refractivity contribution >= 4 is 51.4 Å². The van der Waals surface area contributed by atoms with E-state index in [1.165, 1.54) is 11.3 Å². The zero-order valence-electron chi connectivity index (χ0n) is 9.33. The summed E-state index contributed by atoms with van der Waals surface area (Å²) in [5.41, 5.74) is 1.43. The van der Waals surface area contributed by atoms with Crippen LogP contribution in [0, 0.1) is 6.92 Å². The Balaban J connectivity index is 2.00. The molecule has 0 saturated heterocycles. The molecule has 0 aliphatic heterocycles. The molecule has 4 nitrogen and oxygen atoms in total. The third-order valence-corrected chi connectivity index (χ3v) is 3.63. The van der Waals surface area contributed by atoms with Crippen LogP contribution in [0.25, 0.3) is 0 Å². The van der Waals surface area contributed by atoms with Gasteiger partial charge < -0.3 is 5.32 Å². The molecule has 0 aliphatic rings. The van der Waals surface area contributed by atoms with Crippen LogP contribution in [0.5, 0.6) is 0 Å². The molecule has 2 N–H and O–H groups in total. The van der Waals surface area contributed by atoms with Crippen LogP contribution >= 0.6 is 34.5 Å². The third-order valence-electron chi connectivity index (χ3n) is 2.02. The molecule has 1 aromatic carbocycles. The lowest BCUT2D eigenvalue weighted by atomic mass is 10.3. The summed E-state index contributed by atoms with van der Waals surface area (Å²) in [6.07, 6.45) is 0. The lowest BCUT2D eigenvalue weighted by molar-refractivity contribution is 0.262. The van der Waals surface area contributed by atoms with Crippen LogP contribution in [-0.4, -0.2) is 11.0 Å². The first-order chi connectivity index (χ1) is 8.54. The van der Waals surface area contributed by atoms with E-state index in [1.54, 1.807) is 18.2 Å². The van der Waals surface area contributed by atoms with Crippen molar-refractivity contribution in [3.8, 4) is 0 Å². The number of rotatable bonds is 2. The van der Waals surface area contributed by atoms with Gasteiger partial charge >= 0.3 is 6.03 Å². The van der Waals surface area contributed by atoms with E-state index in [-0.39, 0.29) is 6.03 Å². The van der Waals surface area contributed by atoms with Gasteiger partial charge in [0, 0.05) is 11.1 Å². The van der Waals surface area contributed by atoms with Crippen LogP contribution in [0.1, 0.15) is 5.69 Å². The van der Waals surface area contributed by atoms with E-state index in [2.05, 4.69) is 15.6 Å². The van der Waals surface area contributed by atoms with Crippen LogP contribution < -0.4 is 10.6 Å². The number of aromatic nitrogens is 1. The minimum atomic E-state index is -0.372. The monoisotopic (exact) mass is 301 g/mol. The number of hydrogen-bond acceptors (Lipinski definition) is 3. The second-order valence-electron chi connectivity index (χ2n) is 3.50. The summed E-state index contributed by atoms with van der Waals surface area (Å²) < 4.78 is 0. The van der Waals surface area contributed by atoms with Crippen molar-refractivity contribution < 1.29 is 4.79 Å². The quantitative estimate of drug-likeness (QED) is 0.863. The summed E-state index contributed by atoms with van der Waals surface area (Å²) in [5.74, 6) is 0. The van der Waals surface area contributed by atoms with Gasteiger partial charge in [0.25, 0.3) is 0 Å². The van der Waals surface area contributed by atoms with Crippen molar-refractivity contribution in [2.24, 2.45) is 0 Å². The average Bonchev–Trinajstić information content (AvgIpc) is 2.69. The molecule has 2 amide bonds. The molecular weight excluding hydrogens is 293 g/mol. The molecule has 0 unspecified atom stereocenters. The van der Waals surface area contributed by atoms with E-state index in [0.29, 0.717) is 20.9 Å². The highest BCUT2D eigenvalue weighted by atomic mass is 35.5. The highest BCUT2D eigenvalue weighted by molar-refractivity contribution is 7.13. The molecule has 1 heterocycles. The molecule has 0 saturated carbocycles. The first kappa shape index (κ1) is 13.1. The number of nitrogens with one attached hydrogen (secondary N) is 2. The van der Waals surface area contributed by atoms with Crippen molar-refractivity contribution in [3.05, 3.63) is 39.3 Å². The minimum absolute atomic E-state index is 0.372. The van der Waals surface area contributed by atoms with Gasteiger partial charge in [0.15, 0.2) is 5.13 Å². The maximum absolute atomic E-state index is 11.7. The Hall–Kier alpha value is -1.30. The lowest BCUT2D eigenvalue weighted by Gasteiger charge is -2.06. The van der Waals surface area contributed by atoms with Crippen molar-refractivity contribution in [2.75, 3.05) is 10.6 Å². The zero-order chi connectivity index (χ0) is 13.1. The van der Waals surface area contributed by atoms with Crippen molar-refractivity contribution in [3.63, 3.8) is 0 Å². The molecule has 0 spiro atoms. The van der Waals surface area contributed by atoms with Gasteiger partial charge in [0.05, 0.1) is 15.7 Å². The second-order valence-corrected chi connectivity index (χ2v) is 5.17. The Morgan fingerprint density at radius 2 is 2.06 bits per heavy atom. The molecule has 2 rings (SSSR count). The summed E-state index contributed by atoms with van der Waals surface area (Å²) in [6.45, 7) is 1.86. The van der Waals surface area contributed by atoms with E-state index in [1.807, 2.05) is 12.3 Å². The van der Waals surface area contributed by atoms with Gasteiger partial charge in [-0.05, 0) is 25.1 Å². The molecule has 0 atom stereocenters. The number of hydrogen-bond donors (Lipinski definition) is 2. The first-order valence-electron chi connectivity index (χ1n) is 5.00. The smallest absolute Gasteiger partial charge is 0.308 e. The van der Waals surface area contributed by atoms with Gasteiger partial charge in [0.2, 0.25) is 0 Å². The number of aryl methyl sites for hydroxylation is 1. The Morgan fingerprint density at radius 1 is 1.28 bits per heavy atom. The second kappa shape index (κ2) is 5.56. The van der Waals surface area contributed by atoms with Crippen LogP contribution in [0.3, 0.4) is 0 Å². The zero-order valence-corrected chi connectivity index (χ0v) is 11.7. The molecule has 1 aromatic heterocycles. The average molecular weight is 302 g/mol. The number of urea groups is 1. The molecule has 0 bridgehead atoms. The van der Waals surface area contributed by atoms with E-state index >= 15 is 0 Å². The van der Waals surface area contributed by atoms with Crippen LogP contribution in [0.15, 0.2) is 23.6 Å². The summed E-state index contributed by atoms with van der Waals surface area (Å²) >= 11 is 13.0. The Labute approximate surface area is 118 Å². The molecule has 0 aliphatic carbocycles. The molecule has 18 heavy (non-hydrogen) atoms. The number of nitrogens with zero attached hydrogens (tertiary/aromatic N) is 1. The third kappa shape index (κ3) is 3.35. The first-order valence-corrected chi connectivity index (χ1v) is 6.63. The van der Waals surface area contributed by atoms with Crippen LogP contribution in [0.4, 0.5) is 15.6 Å². The number of amides is 2. The normalized spacial score (nSPS) is 10.2. The Bertz CT molecular complexity index is 585. The van der Waals surface area contributed by atoms with Gasteiger partial charge in [0.1, 0.15) is 0 Å². The maximum Gasteiger partial charge on any atom is 0.325 e.